The highest BCUT2D eigenvalue weighted by Gasteiger charge is 2.33. The molecule has 10 nitrogen and oxygen atoms in total. The molecule has 0 spiro atoms. The number of aromatic hydroxyl groups is 1. The van der Waals surface area contributed by atoms with Crippen LogP contribution >= 0.6 is 0 Å². The van der Waals surface area contributed by atoms with Crippen molar-refractivity contribution in [2.45, 2.75) is 12.6 Å². The average molecular weight is 437 g/mol. The molecule has 1 aromatic heterocycles. The van der Waals surface area contributed by atoms with E-state index in [9.17, 15) is 24.3 Å². The van der Waals surface area contributed by atoms with Gasteiger partial charge in [-0.1, -0.05) is 30.3 Å². The van der Waals surface area contributed by atoms with E-state index in [0.29, 0.717) is 11.2 Å². The van der Waals surface area contributed by atoms with Crippen molar-refractivity contribution < 1.29 is 29.3 Å². The maximum absolute atomic E-state index is 13.2. The van der Waals surface area contributed by atoms with Crippen molar-refractivity contribution in [3.05, 3.63) is 70.5 Å². The lowest BCUT2D eigenvalue weighted by Crippen LogP contribution is -2.37. The van der Waals surface area contributed by atoms with Gasteiger partial charge in [0.2, 0.25) is 0 Å². The molecular formula is C22H19N3O7. The summed E-state index contributed by atoms with van der Waals surface area (Å²) in [4.78, 5) is 50.2. The predicted octanol–water partition coefficient (Wildman–Crippen LogP) is 1.55. The van der Waals surface area contributed by atoms with Gasteiger partial charge in [-0.25, -0.2) is 4.79 Å². The predicted molar refractivity (Wildman–Crippen MR) is 114 cm³/mol. The first-order valence-electron chi connectivity index (χ1n) is 9.74. The van der Waals surface area contributed by atoms with Crippen molar-refractivity contribution >= 4 is 34.6 Å². The van der Waals surface area contributed by atoms with Crippen molar-refractivity contribution in [3.63, 3.8) is 0 Å². The Bertz CT molecular complexity index is 1270. The van der Waals surface area contributed by atoms with E-state index in [1.165, 1.54) is 15.5 Å². The Hall–Kier alpha value is -4.34. The smallest absolute Gasteiger partial charge is 0.414 e. The molecule has 0 radical (unpaired) electrons. The van der Waals surface area contributed by atoms with Gasteiger partial charge < -0.3 is 24.8 Å². The van der Waals surface area contributed by atoms with Crippen LogP contribution in [0.15, 0.2) is 59.4 Å². The minimum atomic E-state index is -1.29. The molecule has 2 aromatic carbocycles. The van der Waals surface area contributed by atoms with Gasteiger partial charge in [0.05, 0.1) is 18.6 Å². The molecule has 0 bridgehead atoms. The van der Waals surface area contributed by atoms with Gasteiger partial charge in [-0.15, -0.1) is 0 Å². The molecule has 2 heterocycles. The highest BCUT2D eigenvalue weighted by Crippen LogP contribution is 2.28. The number of hydrogen-bond donors (Lipinski definition) is 3. The van der Waals surface area contributed by atoms with E-state index in [2.05, 4.69) is 5.32 Å². The number of anilines is 1. The van der Waals surface area contributed by atoms with E-state index < -0.39 is 47.5 Å². The fourth-order valence-electron chi connectivity index (χ4n) is 3.66. The Morgan fingerprint density at radius 1 is 1.06 bits per heavy atom. The van der Waals surface area contributed by atoms with Gasteiger partial charge in [-0.05, 0) is 24.3 Å². The summed E-state index contributed by atoms with van der Waals surface area (Å²) in [7, 11) is 0. The zero-order valence-electron chi connectivity index (χ0n) is 16.7. The number of aromatic nitrogens is 1. The number of nitrogens with zero attached hydrogens (tertiary/aromatic N) is 2. The molecule has 1 fully saturated rings. The number of nitrogens with one attached hydrogen (secondary N) is 1. The Morgan fingerprint density at radius 2 is 1.75 bits per heavy atom. The van der Waals surface area contributed by atoms with E-state index in [1.807, 2.05) is 6.07 Å². The molecule has 3 N–H and O–H groups in total. The second kappa shape index (κ2) is 8.42. The van der Waals surface area contributed by atoms with Crippen molar-refractivity contribution in [3.8, 4) is 5.75 Å². The van der Waals surface area contributed by atoms with Crippen LogP contribution < -0.4 is 15.8 Å². The highest BCUT2D eigenvalue weighted by molar-refractivity contribution is 6.03. The highest BCUT2D eigenvalue weighted by atomic mass is 16.6. The third-order valence-corrected chi connectivity index (χ3v) is 5.10. The Morgan fingerprint density at radius 3 is 2.47 bits per heavy atom. The molecule has 1 atom stereocenters. The molecule has 3 aromatic rings. The minimum Gasteiger partial charge on any atom is -0.506 e. The van der Waals surface area contributed by atoms with Gasteiger partial charge in [-0.3, -0.25) is 19.3 Å². The lowest BCUT2D eigenvalue weighted by molar-refractivity contribution is -0.135. The Kier molecular flexibility index (Phi) is 5.50. The number of aliphatic carboxylic acids is 1. The number of para-hydroxylation sites is 2. The van der Waals surface area contributed by atoms with Crippen LogP contribution in [-0.4, -0.2) is 51.9 Å². The van der Waals surface area contributed by atoms with Crippen LogP contribution in [0.1, 0.15) is 10.4 Å². The number of hydrogen-bond acceptors (Lipinski definition) is 6. The maximum Gasteiger partial charge on any atom is 0.414 e. The number of rotatable bonds is 6. The number of carbonyl (C=O) groups excluding carboxylic acids is 2. The molecule has 1 unspecified atom stereocenters. The van der Waals surface area contributed by atoms with Crippen LogP contribution in [0.5, 0.6) is 5.75 Å². The molecule has 1 saturated heterocycles. The summed E-state index contributed by atoms with van der Waals surface area (Å²) in [5.74, 6) is -2.85. The third-order valence-electron chi connectivity index (χ3n) is 5.10. The Labute approximate surface area is 181 Å². The topological polar surface area (TPSA) is 138 Å². The summed E-state index contributed by atoms with van der Waals surface area (Å²) < 4.78 is 6.68. The summed E-state index contributed by atoms with van der Waals surface area (Å²) in [6.45, 7) is -0.588. The van der Waals surface area contributed by atoms with Crippen molar-refractivity contribution in [1.82, 2.24) is 9.88 Å². The molecular weight excluding hydrogens is 418 g/mol. The summed E-state index contributed by atoms with van der Waals surface area (Å²) in [6, 6.07) is 15.3. The van der Waals surface area contributed by atoms with Crippen molar-refractivity contribution in [1.29, 1.82) is 0 Å². The minimum absolute atomic E-state index is 0.0616. The van der Waals surface area contributed by atoms with E-state index in [-0.39, 0.29) is 18.5 Å². The molecule has 32 heavy (non-hydrogen) atoms. The van der Waals surface area contributed by atoms with Crippen LogP contribution in [0.2, 0.25) is 0 Å². The van der Waals surface area contributed by atoms with Gasteiger partial charge in [0, 0.05) is 11.1 Å². The second-order valence-corrected chi connectivity index (χ2v) is 7.18. The van der Waals surface area contributed by atoms with Gasteiger partial charge in [0.15, 0.2) is 0 Å². The first-order chi connectivity index (χ1) is 15.4. The van der Waals surface area contributed by atoms with E-state index in [4.69, 9.17) is 9.84 Å². The van der Waals surface area contributed by atoms with Crippen LogP contribution in [0, 0.1) is 0 Å². The fourth-order valence-corrected chi connectivity index (χ4v) is 3.66. The molecule has 1 aliphatic rings. The molecule has 10 heteroatoms. The largest absolute Gasteiger partial charge is 0.506 e. The number of cyclic esters (lactones) is 1. The summed E-state index contributed by atoms with van der Waals surface area (Å²) >= 11 is 0. The van der Waals surface area contributed by atoms with Crippen LogP contribution in [0.3, 0.4) is 0 Å². The number of pyridine rings is 1. The molecule has 2 amide bonds. The summed E-state index contributed by atoms with van der Waals surface area (Å²) in [5, 5.41) is 21.7. The van der Waals surface area contributed by atoms with Crippen molar-refractivity contribution in [2.24, 2.45) is 0 Å². The SMILES string of the molecule is O=C(O)CNC(=O)c1c(O)c2ccccc2n(CC2CN(c3ccccc3)C(=O)O2)c1=O. The van der Waals surface area contributed by atoms with Crippen molar-refractivity contribution in [2.75, 3.05) is 18.0 Å². The van der Waals surface area contributed by atoms with Crippen LogP contribution in [0.4, 0.5) is 10.5 Å². The zero-order chi connectivity index (χ0) is 22.8. The summed E-state index contributed by atoms with van der Waals surface area (Å²) in [5.41, 5.74) is -0.400. The fraction of sp³-hybridized carbons (Fsp3) is 0.182. The van der Waals surface area contributed by atoms with E-state index in [1.54, 1.807) is 42.5 Å². The van der Waals surface area contributed by atoms with E-state index in [0.717, 1.165) is 0 Å². The number of fused-ring (bicyclic) bond motifs is 1. The Balaban J connectivity index is 1.71. The number of carboxylic acids is 1. The van der Waals surface area contributed by atoms with Crippen LogP contribution in [0.25, 0.3) is 10.9 Å². The lowest BCUT2D eigenvalue weighted by atomic mass is 10.1. The van der Waals surface area contributed by atoms with E-state index >= 15 is 0 Å². The zero-order valence-corrected chi connectivity index (χ0v) is 16.7. The normalized spacial score (nSPS) is 15.6. The quantitative estimate of drug-likeness (QED) is 0.532. The van der Waals surface area contributed by atoms with Gasteiger partial charge in [-0.2, -0.15) is 0 Å². The molecule has 0 saturated carbocycles. The lowest BCUT2D eigenvalue weighted by Gasteiger charge is -2.17. The monoisotopic (exact) mass is 437 g/mol. The number of carbonyl (C=O) groups is 3. The summed E-state index contributed by atoms with van der Waals surface area (Å²) in [6.07, 6.45) is -1.25. The first-order valence-corrected chi connectivity index (χ1v) is 9.74. The maximum atomic E-state index is 13.2. The molecule has 0 aliphatic carbocycles. The van der Waals surface area contributed by atoms with Gasteiger partial charge in [0.25, 0.3) is 11.5 Å². The third kappa shape index (κ3) is 3.85. The van der Waals surface area contributed by atoms with Gasteiger partial charge in [0.1, 0.15) is 24.0 Å². The second-order valence-electron chi connectivity index (χ2n) is 7.18. The number of carboxylic acid groups (broad SMARTS) is 1. The number of benzene rings is 2. The van der Waals surface area contributed by atoms with Crippen LogP contribution in [-0.2, 0) is 16.1 Å². The van der Waals surface area contributed by atoms with Gasteiger partial charge >= 0.3 is 12.1 Å². The molecule has 164 valence electrons. The molecule has 4 rings (SSSR count). The molecule has 1 aliphatic heterocycles. The number of ether oxygens (including phenoxy) is 1. The number of amides is 2. The average Bonchev–Trinajstić information content (AvgIpc) is 3.16. The standard InChI is InChI=1S/C22H19N3O7/c26-17(27)10-23-20(29)18-19(28)15-8-4-5-9-16(15)25(21(18)30)12-14-11-24(22(31)32-14)13-6-2-1-3-7-13/h1-9,14,28H,10-12H2,(H,23,29)(H,26,27). The first kappa shape index (κ1) is 20.9.